The molecule has 0 aromatic rings. The fourth-order valence-electron chi connectivity index (χ4n) is 3.40. The normalized spacial score (nSPS) is 31.1. The standard InChI is InChI=1S/C15H26N2O3S/c18-15-4-3-13(5-8-17(15)11-12-1-2-12)16-14-6-9-21(19,20)10-7-14/h12-14,16H,1-11H2. The quantitative estimate of drug-likeness (QED) is 0.839. The Morgan fingerprint density at radius 3 is 2.33 bits per heavy atom. The van der Waals surface area contributed by atoms with E-state index in [1.807, 2.05) is 4.90 Å². The van der Waals surface area contributed by atoms with Crippen molar-refractivity contribution in [3.63, 3.8) is 0 Å². The van der Waals surface area contributed by atoms with Crippen molar-refractivity contribution in [3.05, 3.63) is 0 Å². The molecule has 3 rings (SSSR count). The van der Waals surface area contributed by atoms with Crippen LogP contribution in [-0.2, 0) is 14.6 Å². The van der Waals surface area contributed by atoms with E-state index in [4.69, 9.17) is 0 Å². The third-order valence-corrected chi connectivity index (χ3v) is 6.72. The van der Waals surface area contributed by atoms with Gasteiger partial charge in [0, 0.05) is 31.6 Å². The lowest BCUT2D eigenvalue weighted by Crippen LogP contribution is -2.43. The molecule has 0 radical (unpaired) electrons. The molecule has 0 aromatic carbocycles. The Bertz CT molecular complexity index is 473. The van der Waals surface area contributed by atoms with Crippen molar-refractivity contribution in [1.82, 2.24) is 10.2 Å². The summed E-state index contributed by atoms with van der Waals surface area (Å²) in [6.07, 6.45) is 6.53. The Morgan fingerprint density at radius 2 is 1.67 bits per heavy atom. The molecule has 1 saturated carbocycles. The third kappa shape index (κ3) is 4.42. The van der Waals surface area contributed by atoms with Gasteiger partial charge in [-0.05, 0) is 44.4 Å². The Kier molecular flexibility index (Phi) is 4.54. The fourth-order valence-corrected chi connectivity index (χ4v) is 4.89. The molecule has 1 N–H and O–H groups in total. The van der Waals surface area contributed by atoms with Crippen molar-refractivity contribution in [3.8, 4) is 0 Å². The number of rotatable bonds is 4. The van der Waals surface area contributed by atoms with Gasteiger partial charge in [0.2, 0.25) is 5.91 Å². The second-order valence-electron chi connectivity index (χ2n) is 6.90. The van der Waals surface area contributed by atoms with E-state index in [0.717, 1.165) is 44.7 Å². The Morgan fingerprint density at radius 1 is 1.00 bits per heavy atom. The lowest BCUT2D eigenvalue weighted by atomic mass is 10.1. The molecule has 2 saturated heterocycles. The zero-order valence-corrected chi connectivity index (χ0v) is 13.4. The number of likely N-dealkylation sites (tertiary alicyclic amines) is 1. The first-order valence-electron chi connectivity index (χ1n) is 8.26. The number of nitrogens with zero attached hydrogens (tertiary/aromatic N) is 1. The summed E-state index contributed by atoms with van der Waals surface area (Å²) in [5.41, 5.74) is 0. The molecule has 1 unspecified atom stereocenters. The van der Waals surface area contributed by atoms with Gasteiger partial charge in [0.1, 0.15) is 9.84 Å². The maximum absolute atomic E-state index is 12.1. The van der Waals surface area contributed by atoms with Gasteiger partial charge < -0.3 is 10.2 Å². The molecule has 3 aliphatic rings. The number of carbonyl (C=O) groups is 1. The number of hydrogen-bond acceptors (Lipinski definition) is 4. The summed E-state index contributed by atoms with van der Waals surface area (Å²) < 4.78 is 22.9. The van der Waals surface area contributed by atoms with Gasteiger partial charge in [-0.2, -0.15) is 0 Å². The highest BCUT2D eigenvalue weighted by molar-refractivity contribution is 7.91. The van der Waals surface area contributed by atoms with Gasteiger partial charge >= 0.3 is 0 Å². The van der Waals surface area contributed by atoms with Gasteiger partial charge in [-0.15, -0.1) is 0 Å². The van der Waals surface area contributed by atoms with Crippen molar-refractivity contribution in [2.75, 3.05) is 24.6 Å². The average Bonchev–Trinajstić information content (AvgIpc) is 3.26. The molecule has 0 bridgehead atoms. The second kappa shape index (κ2) is 6.24. The molecule has 6 heteroatoms. The van der Waals surface area contributed by atoms with E-state index in [2.05, 4.69) is 5.32 Å². The van der Waals surface area contributed by atoms with E-state index in [1.165, 1.54) is 12.8 Å². The van der Waals surface area contributed by atoms with Crippen LogP contribution in [0.4, 0.5) is 0 Å². The summed E-state index contributed by atoms with van der Waals surface area (Å²) in [6.45, 7) is 1.81. The monoisotopic (exact) mass is 314 g/mol. The Labute approximate surface area is 127 Å². The maximum atomic E-state index is 12.1. The van der Waals surface area contributed by atoms with Crippen LogP contribution in [0.25, 0.3) is 0 Å². The molecule has 1 atom stereocenters. The second-order valence-corrected chi connectivity index (χ2v) is 9.20. The van der Waals surface area contributed by atoms with Gasteiger partial charge in [-0.25, -0.2) is 8.42 Å². The van der Waals surface area contributed by atoms with E-state index in [0.29, 0.717) is 35.9 Å². The Balaban J connectivity index is 1.47. The van der Waals surface area contributed by atoms with Crippen LogP contribution in [0.2, 0.25) is 0 Å². The molecule has 1 aliphatic carbocycles. The fraction of sp³-hybridized carbons (Fsp3) is 0.933. The highest BCUT2D eigenvalue weighted by Gasteiger charge is 2.30. The van der Waals surface area contributed by atoms with Crippen molar-refractivity contribution in [2.24, 2.45) is 5.92 Å². The molecule has 2 heterocycles. The summed E-state index contributed by atoms with van der Waals surface area (Å²) in [4.78, 5) is 14.2. The first kappa shape index (κ1) is 15.3. The summed E-state index contributed by atoms with van der Waals surface area (Å²) in [6, 6.07) is 0.674. The molecule has 0 spiro atoms. The van der Waals surface area contributed by atoms with Crippen LogP contribution < -0.4 is 5.32 Å². The van der Waals surface area contributed by atoms with Gasteiger partial charge in [0.05, 0.1) is 11.5 Å². The van der Waals surface area contributed by atoms with E-state index in [9.17, 15) is 13.2 Å². The van der Waals surface area contributed by atoms with Crippen molar-refractivity contribution >= 4 is 15.7 Å². The summed E-state index contributed by atoms with van der Waals surface area (Å²) in [7, 11) is -2.79. The minimum atomic E-state index is -2.79. The molecule has 5 nitrogen and oxygen atoms in total. The topological polar surface area (TPSA) is 66.5 Å². The van der Waals surface area contributed by atoms with Crippen LogP contribution in [-0.4, -0.2) is 55.9 Å². The van der Waals surface area contributed by atoms with E-state index in [-0.39, 0.29) is 0 Å². The summed E-state index contributed by atoms with van der Waals surface area (Å²) in [5, 5.41) is 3.60. The maximum Gasteiger partial charge on any atom is 0.222 e. The molecule has 2 aliphatic heterocycles. The van der Waals surface area contributed by atoms with E-state index >= 15 is 0 Å². The smallest absolute Gasteiger partial charge is 0.222 e. The largest absolute Gasteiger partial charge is 0.342 e. The molecule has 120 valence electrons. The first-order valence-corrected chi connectivity index (χ1v) is 10.1. The lowest BCUT2D eigenvalue weighted by molar-refractivity contribution is -0.130. The van der Waals surface area contributed by atoms with Gasteiger partial charge in [-0.1, -0.05) is 0 Å². The number of hydrogen-bond donors (Lipinski definition) is 1. The minimum absolute atomic E-state index is 0.303. The molecular formula is C15H26N2O3S. The lowest BCUT2D eigenvalue weighted by Gasteiger charge is -2.28. The molecule has 1 amide bonds. The predicted molar refractivity (Wildman–Crippen MR) is 81.8 cm³/mol. The molecule has 3 fully saturated rings. The number of amides is 1. The highest BCUT2D eigenvalue weighted by atomic mass is 32.2. The van der Waals surface area contributed by atoms with Crippen LogP contribution in [0, 0.1) is 5.92 Å². The zero-order valence-electron chi connectivity index (χ0n) is 12.6. The first-order chi connectivity index (χ1) is 10.0. The average molecular weight is 314 g/mol. The van der Waals surface area contributed by atoms with Crippen molar-refractivity contribution in [1.29, 1.82) is 0 Å². The highest BCUT2D eigenvalue weighted by Crippen LogP contribution is 2.30. The molecule has 21 heavy (non-hydrogen) atoms. The SMILES string of the molecule is O=C1CCC(NC2CCS(=O)(=O)CC2)CCN1CC1CC1. The molecule has 0 aromatic heterocycles. The van der Waals surface area contributed by atoms with Gasteiger partial charge in [0.25, 0.3) is 0 Å². The summed E-state index contributed by atoms with van der Waals surface area (Å²) in [5.74, 6) is 1.67. The number of nitrogens with one attached hydrogen (secondary N) is 1. The van der Waals surface area contributed by atoms with E-state index in [1.54, 1.807) is 0 Å². The van der Waals surface area contributed by atoms with E-state index < -0.39 is 9.84 Å². The number of carbonyl (C=O) groups excluding carboxylic acids is 1. The third-order valence-electron chi connectivity index (χ3n) is 5.01. The van der Waals surface area contributed by atoms with Gasteiger partial charge in [-0.3, -0.25) is 4.79 Å². The summed E-state index contributed by atoms with van der Waals surface area (Å²) >= 11 is 0. The van der Waals surface area contributed by atoms with Crippen LogP contribution in [0.5, 0.6) is 0 Å². The zero-order chi connectivity index (χ0) is 14.9. The molecular weight excluding hydrogens is 288 g/mol. The minimum Gasteiger partial charge on any atom is -0.342 e. The van der Waals surface area contributed by atoms with Crippen LogP contribution >= 0.6 is 0 Å². The van der Waals surface area contributed by atoms with Crippen LogP contribution in [0.1, 0.15) is 44.9 Å². The predicted octanol–water partition coefficient (Wildman–Crippen LogP) is 0.944. The van der Waals surface area contributed by atoms with Crippen LogP contribution in [0.15, 0.2) is 0 Å². The van der Waals surface area contributed by atoms with Crippen LogP contribution in [0.3, 0.4) is 0 Å². The van der Waals surface area contributed by atoms with Crippen molar-refractivity contribution in [2.45, 2.75) is 57.0 Å². The Hall–Kier alpha value is -0.620. The van der Waals surface area contributed by atoms with Crippen molar-refractivity contribution < 1.29 is 13.2 Å². The number of sulfone groups is 1. The van der Waals surface area contributed by atoms with Gasteiger partial charge in [0.15, 0.2) is 0 Å².